The molecular formula is C14H16O4. The van der Waals surface area contributed by atoms with E-state index < -0.39 is 5.97 Å². The Hall–Kier alpha value is -2.10. The van der Waals surface area contributed by atoms with Crippen LogP contribution in [0.1, 0.15) is 28.4 Å². The predicted molar refractivity (Wildman–Crippen MR) is 68.2 cm³/mol. The first-order valence-electron chi connectivity index (χ1n) is 5.65. The summed E-state index contributed by atoms with van der Waals surface area (Å²) in [7, 11) is 0. The average Bonchev–Trinajstić information content (AvgIpc) is 2.31. The molecule has 0 fully saturated rings. The van der Waals surface area contributed by atoms with Crippen molar-refractivity contribution in [2.45, 2.75) is 20.8 Å². The summed E-state index contributed by atoms with van der Waals surface area (Å²) in [6.07, 6.45) is 1.88. The van der Waals surface area contributed by atoms with Crippen molar-refractivity contribution in [2.75, 3.05) is 6.61 Å². The molecule has 0 amide bonds. The molecule has 0 aliphatic rings. The molecule has 1 aromatic carbocycles. The van der Waals surface area contributed by atoms with Crippen molar-refractivity contribution in [2.24, 2.45) is 0 Å². The molecule has 1 aromatic rings. The summed E-state index contributed by atoms with van der Waals surface area (Å²) in [4.78, 5) is 22.4. The van der Waals surface area contributed by atoms with Gasteiger partial charge in [0.1, 0.15) is 5.75 Å². The van der Waals surface area contributed by atoms with E-state index in [0.717, 1.165) is 23.3 Å². The maximum Gasteiger partial charge on any atom is 0.328 e. The number of ether oxygens (including phenoxy) is 1. The van der Waals surface area contributed by atoms with Gasteiger partial charge in [0, 0.05) is 6.08 Å². The summed E-state index contributed by atoms with van der Waals surface area (Å²) in [6.45, 7) is 5.93. The van der Waals surface area contributed by atoms with Crippen molar-refractivity contribution in [1.29, 1.82) is 0 Å². The van der Waals surface area contributed by atoms with Crippen LogP contribution in [0.15, 0.2) is 24.3 Å². The Balaban J connectivity index is 3.25. The fourth-order valence-electron chi connectivity index (χ4n) is 1.65. The molecule has 4 heteroatoms. The number of rotatable bonds is 5. The molecule has 0 radical (unpaired) electrons. The molecular weight excluding hydrogens is 232 g/mol. The Morgan fingerprint density at radius 2 is 1.83 bits per heavy atom. The highest BCUT2D eigenvalue weighted by molar-refractivity contribution is 6.09. The molecule has 0 bridgehead atoms. The van der Waals surface area contributed by atoms with E-state index in [1.54, 1.807) is 6.92 Å². The van der Waals surface area contributed by atoms with Crippen molar-refractivity contribution >= 4 is 11.8 Å². The minimum Gasteiger partial charge on any atom is -0.493 e. The number of carbonyl (C=O) groups is 2. The summed E-state index contributed by atoms with van der Waals surface area (Å²) in [6, 6.07) is 3.69. The van der Waals surface area contributed by atoms with Crippen LogP contribution in [0.3, 0.4) is 0 Å². The molecule has 18 heavy (non-hydrogen) atoms. The van der Waals surface area contributed by atoms with Crippen molar-refractivity contribution in [3.8, 4) is 5.75 Å². The molecule has 96 valence electrons. The van der Waals surface area contributed by atoms with Crippen LogP contribution in [0.25, 0.3) is 0 Å². The quantitative estimate of drug-likeness (QED) is 0.642. The number of hydrogen-bond donors (Lipinski definition) is 1. The highest BCUT2D eigenvalue weighted by Gasteiger charge is 2.15. The zero-order chi connectivity index (χ0) is 13.7. The zero-order valence-electron chi connectivity index (χ0n) is 10.7. The number of carbonyl (C=O) groups excluding carboxylic acids is 1. The largest absolute Gasteiger partial charge is 0.493 e. The van der Waals surface area contributed by atoms with Crippen molar-refractivity contribution in [1.82, 2.24) is 0 Å². The fourth-order valence-corrected chi connectivity index (χ4v) is 1.65. The molecule has 0 saturated heterocycles. The van der Waals surface area contributed by atoms with Crippen molar-refractivity contribution < 1.29 is 19.4 Å². The number of aliphatic carboxylic acids is 1. The Morgan fingerprint density at radius 3 is 2.39 bits per heavy atom. The standard InChI is InChI=1S/C14H16O4/c1-4-18-14-10(3)6-5-9(2)13(14)11(15)7-8-12(16)17/h5-8H,4H2,1-3H3,(H,16,17)/b8-7+. The maximum absolute atomic E-state index is 12.0. The average molecular weight is 248 g/mol. The minimum atomic E-state index is -1.15. The second kappa shape index (κ2) is 6.00. The van der Waals surface area contributed by atoms with E-state index in [2.05, 4.69) is 0 Å². The third kappa shape index (κ3) is 3.20. The summed E-state index contributed by atoms with van der Waals surface area (Å²) >= 11 is 0. The number of hydrogen-bond acceptors (Lipinski definition) is 3. The second-order valence-corrected chi connectivity index (χ2v) is 3.87. The van der Waals surface area contributed by atoms with Crippen LogP contribution in [0, 0.1) is 13.8 Å². The van der Waals surface area contributed by atoms with E-state index in [-0.39, 0.29) is 5.78 Å². The highest BCUT2D eigenvalue weighted by atomic mass is 16.5. The van der Waals surface area contributed by atoms with E-state index in [0.29, 0.717) is 17.9 Å². The predicted octanol–water partition coefficient (Wildman–Crippen LogP) is 2.53. The first kappa shape index (κ1) is 14.0. The van der Waals surface area contributed by atoms with E-state index in [1.165, 1.54) is 0 Å². The Kier molecular flexibility index (Phi) is 4.66. The highest BCUT2D eigenvalue weighted by Crippen LogP contribution is 2.27. The molecule has 1 N–H and O–H groups in total. The van der Waals surface area contributed by atoms with Crippen LogP contribution in [0.2, 0.25) is 0 Å². The second-order valence-electron chi connectivity index (χ2n) is 3.87. The third-order valence-corrected chi connectivity index (χ3v) is 2.48. The molecule has 1 rings (SSSR count). The Bertz CT molecular complexity index is 501. The molecule has 0 saturated carbocycles. The smallest absolute Gasteiger partial charge is 0.328 e. The summed E-state index contributed by atoms with van der Waals surface area (Å²) in [5.74, 6) is -0.980. The molecule has 0 aromatic heterocycles. The van der Waals surface area contributed by atoms with Crippen molar-refractivity contribution in [3.05, 3.63) is 41.0 Å². The lowest BCUT2D eigenvalue weighted by atomic mass is 10.00. The van der Waals surface area contributed by atoms with Gasteiger partial charge in [-0.05, 0) is 38.0 Å². The number of allylic oxidation sites excluding steroid dienone is 1. The normalized spacial score (nSPS) is 10.6. The van der Waals surface area contributed by atoms with Crippen LogP contribution < -0.4 is 4.74 Å². The summed E-state index contributed by atoms with van der Waals surface area (Å²) in [5, 5.41) is 8.54. The van der Waals surface area contributed by atoms with Gasteiger partial charge in [-0.25, -0.2) is 4.79 Å². The Morgan fingerprint density at radius 1 is 1.22 bits per heavy atom. The van der Waals surface area contributed by atoms with Crippen LogP contribution in [0.4, 0.5) is 0 Å². The van der Waals surface area contributed by atoms with Gasteiger partial charge in [-0.15, -0.1) is 0 Å². The van der Waals surface area contributed by atoms with Gasteiger partial charge < -0.3 is 9.84 Å². The van der Waals surface area contributed by atoms with Crippen LogP contribution in [0.5, 0.6) is 5.75 Å². The number of benzene rings is 1. The SMILES string of the molecule is CCOc1c(C)ccc(C)c1C(=O)/C=C/C(=O)O. The first-order valence-corrected chi connectivity index (χ1v) is 5.65. The monoisotopic (exact) mass is 248 g/mol. The van der Waals surface area contributed by atoms with E-state index >= 15 is 0 Å². The van der Waals surface area contributed by atoms with Crippen molar-refractivity contribution in [3.63, 3.8) is 0 Å². The number of ketones is 1. The lowest BCUT2D eigenvalue weighted by molar-refractivity contribution is -0.131. The van der Waals surface area contributed by atoms with Gasteiger partial charge in [-0.2, -0.15) is 0 Å². The lowest BCUT2D eigenvalue weighted by Crippen LogP contribution is -2.06. The maximum atomic E-state index is 12.0. The van der Waals surface area contributed by atoms with Gasteiger partial charge in [0.2, 0.25) is 0 Å². The van der Waals surface area contributed by atoms with E-state index in [1.807, 2.05) is 26.0 Å². The summed E-state index contributed by atoms with van der Waals surface area (Å²) in [5.41, 5.74) is 2.05. The fraction of sp³-hybridized carbons (Fsp3) is 0.286. The minimum absolute atomic E-state index is 0.359. The van der Waals surface area contributed by atoms with Crippen LogP contribution in [-0.4, -0.2) is 23.5 Å². The molecule has 0 spiro atoms. The zero-order valence-corrected chi connectivity index (χ0v) is 10.7. The molecule has 0 atom stereocenters. The molecule has 0 unspecified atom stereocenters. The van der Waals surface area contributed by atoms with E-state index in [4.69, 9.17) is 9.84 Å². The number of carboxylic acids is 1. The van der Waals surface area contributed by atoms with Gasteiger partial charge in [0.25, 0.3) is 0 Å². The molecule has 0 aliphatic heterocycles. The summed E-state index contributed by atoms with van der Waals surface area (Å²) < 4.78 is 5.47. The molecule has 4 nitrogen and oxygen atoms in total. The van der Waals surface area contributed by atoms with Gasteiger partial charge in [-0.1, -0.05) is 12.1 Å². The third-order valence-electron chi connectivity index (χ3n) is 2.48. The van der Waals surface area contributed by atoms with Gasteiger partial charge >= 0.3 is 5.97 Å². The van der Waals surface area contributed by atoms with Gasteiger partial charge in [0.15, 0.2) is 5.78 Å². The van der Waals surface area contributed by atoms with Gasteiger partial charge in [-0.3, -0.25) is 4.79 Å². The molecule has 0 aliphatic carbocycles. The van der Waals surface area contributed by atoms with Crippen LogP contribution in [-0.2, 0) is 4.79 Å². The van der Waals surface area contributed by atoms with E-state index in [9.17, 15) is 9.59 Å². The Labute approximate surface area is 106 Å². The molecule has 0 heterocycles. The van der Waals surface area contributed by atoms with Gasteiger partial charge in [0.05, 0.1) is 12.2 Å². The number of aryl methyl sites for hydroxylation is 2. The number of carboxylic acid groups (broad SMARTS) is 1. The lowest BCUT2D eigenvalue weighted by Gasteiger charge is -2.13. The van der Waals surface area contributed by atoms with Crippen LogP contribution >= 0.6 is 0 Å². The topological polar surface area (TPSA) is 63.6 Å². The first-order chi connectivity index (χ1) is 8.47.